The number of alkyl halides is 3. The van der Waals surface area contributed by atoms with Crippen LogP contribution in [0.3, 0.4) is 0 Å². The molecule has 9 heteroatoms. The molecule has 0 aliphatic carbocycles. The Morgan fingerprint density at radius 2 is 2.17 bits per heavy atom. The summed E-state index contributed by atoms with van der Waals surface area (Å²) in [6, 6.07) is 1.47. The second kappa shape index (κ2) is 5.96. The van der Waals surface area contributed by atoms with E-state index in [0.717, 1.165) is 0 Å². The Labute approximate surface area is 105 Å². The Morgan fingerprint density at radius 1 is 1.50 bits per heavy atom. The van der Waals surface area contributed by atoms with Crippen molar-refractivity contribution in [3.05, 3.63) is 16.9 Å². The summed E-state index contributed by atoms with van der Waals surface area (Å²) in [6.07, 6.45) is -4.47. The van der Waals surface area contributed by atoms with Gasteiger partial charge in [-0.1, -0.05) is 11.6 Å². The number of ether oxygens (including phenoxy) is 1. The molecule has 18 heavy (non-hydrogen) atoms. The highest BCUT2D eigenvalue weighted by Crippen LogP contribution is 2.14. The monoisotopic (exact) mass is 283 g/mol. The quantitative estimate of drug-likeness (QED) is 0.858. The Kier molecular flexibility index (Phi) is 4.85. The second-order valence-electron chi connectivity index (χ2n) is 3.31. The molecule has 0 unspecified atom stereocenters. The average molecular weight is 284 g/mol. The third-order valence-corrected chi connectivity index (χ3v) is 1.77. The zero-order valence-corrected chi connectivity index (χ0v) is 9.97. The third kappa shape index (κ3) is 5.78. The molecule has 0 saturated carbocycles. The van der Waals surface area contributed by atoms with Crippen LogP contribution in [0.25, 0.3) is 0 Å². The SMILES string of the molecule is Cc1cc(Cl)nc(NC(=O)COCC(F)(F)F)n1. The van der Waals surface area contributed by atoms with Gasteiger partial charge in [-0.05, 0) is 13.0 Å². The fraction of sp³-hybridized carbons (Fsp3) is 0.444. The molecule has 100 valence electrons. The van der Waals surface area contributed by atoms with Crippen molar-refractivity contribution in [2.75, 3.05) is 18.5 Å². The van der Waals surface area contributed by atoms with Crippen LogP contribution in [-0.2, 0) is 9.53 Å². The minimum Gasteiger partial charge on any atom is -0.362 e. The Bertz CT molecular complexity index is 419. The van der Waals surface area contributed by atoms with Crippen molar-refractivity contribution in [2.45, 2.75) is 13.1 Å². The number of halogens is 4. The number of anilines is 1. The van der Waals surface area contributed by atoms with E-state index in [1.165, 1.54) is 6.07 Å². The smallest absolute Gasteiger partial charge is 0.362 e. The van der Waals surface area contributed by atoms with E-state index in [9.17, 15) is 18.0 Å². The number of carbonyl (C=O) groups is 1. The van der Waals surface area contributed by atoms with Crippen LogP contribution in [0.5, 0.6) is 0 Å². The molecule has 1 aromatic heterocycles. The van der Waals surface area contributed by atoms with Crippen LogP contribution in [0.15, 0.2) is 6.07 Å². The minimum absolute atomic E-state index is 0.0828. The van der Waals surface area contributed by atoms with Crippen LogP contribution >= 0.6 is 11.6 Å². The Morgan fingerprint density at radius 3 is 2.72 bits per heavy atom. The molecule has 1 rings (SSSR count). The van der Waals surface area contributed by atoms with Gasteiger partial charge < -0.3 is 4.74 Å². The minimum atomic E-state index is -4.47. The van der Waals surface area contributed by atoms with E-state index in [1.807, 2.05) is 0 Å². The standard InChI is InChI=1S/C9H9ClF3N3O2/c1-5-2-6(10)15-8(14-5)16-7(17)3-18-4-9(11,12)13/h2H,3-4H2,1H3,(H,14,15,16,17). The summed E-state index contributed by atoms with van der Waals surface area (Å²) in [7, 11) is 0. The number of aromatic nitrogens is 2. The summed E-state index contributed by atoms with van der Waals surface area (Å²) in [6.45, 7) is -0.604. The first-order valence-corrected chi connectivity index (χ1v) is 5.09. The van der Waals surface area contributed by atoms with E-state index in [4.69, 9.17) is 11.6 Å². The lowest BCUT2D eigenvalue weighted by Crippen LogP contribution is -2.24. The van der Waals surface area contributed by atoms with Crippen LogP contribution in [0.1, 0.15) is 5.69 Å². The molecule has 0 atom stereocenters. The van der Waals surface area contributed by atoms with Gasteiger partial charge in [-0.3, -0.25) is 10.1 Å². The van der Waals surface area contributed by atoms with Gasteiger partial charge in [0.25, 0.3) is 5.91 Å². The summed E-state index contributed by atoms with van der Waals surface area (Å²) in [5.41, 5.74) is 0.515. The molecule has 0 bridgehead atoms. The van der Waals surface area contributed by atoms with E-state index >= 15 is 0 Å². The number of amides is 1. The molecule has 0 spiro atoms. The summed E-state index contributed by atoms with van der Waals surface area (Å²) >= 11 is 5.62. The first-order valence-electron chi connectivity index (χ1n) is 4.72. The van der Waals surface area contributed by atoms with Crippen molar-refractivity contribution in [1.82, 2.24) is 9.97 Å². The van der Waals surface area contributed by atoms with Crippen molar-refractivity contribution in [3.8, 4) is 0 Å². The predicted octanol–water partition coefficient (Wildman–Crippen LogP) is 1.96. The van der Waals surface area contributed by atoms with Gasteiger partial charge >= 0.3 is 6.18 Å². The van der Waals surface area contributed by atoms with E-state index in [1.54, 1.807) is 6.92 Å². The molecule has 0 fully saturated rings. The topological polar surface area (TPSA) is 64.1 Å². The maximum absolute atomic E-state index is 11.7. The molecule has 1 aromatic rings. The van der Waals surface area contributed by atoms with Crippen LogP contribution in [0, 0.1) is 6.92 Å². The van der Waals surface area contributed by atoms with E-state index in [0.29, 0.717) is 5.69 Å². The molecule has 1 heterocycles. The lowest BCUT2D eigenvalue weighted by Gasteiger charge is -2.07. The lowest BCUT2D eigenvalue weighted by atomic mass is 10.4. The van der Waals surface area contributed by atoms with E-state index in [2.05, 4.69) is 20.0 Å². The van der Waals surface area contributed by atoms with Crippen molar-refractivity contribution in [2.24, 2.45) is 0 Å². The fourth-order valence-electron chi connectivity index (χ4n) is 1.01. The van der Waals surface area contributed by atoms with Gasteiger partial charge in [-0.25, -0.2) is 9.97 Å². The zero-order valence-electron chi connectivity index (χ0n) is 9.21. The van der Waals surface area contributed by atoms with Gasteiger partial charge in [0.15, 0.2) is 0 Å². The highest BCUT2D eigenvalue weighted by molar-refractivity contribution is 6.29. The molecule has 0 saturated heterocycles. The predicted molar refractivity (Wildman–Crippen MR) is 57.3 cm³/mol. The number of hydrogen-bond donors (Lipinski definition) is 1. The summed E-state index contributed by atoms with van der Waals surface area (Å²) in [5.74, 6) is -0.874. The number of nitrogens with zero attached hydrogens (tertiary/aromatic N) is 2. The number of rotatable bonds is 4. The number of carbonyl (C=O) groups excluding carboxylic acids is 1. The number of hydrogen-bond acceptors (Lipinski definition) is 4. The molecule has 0 aromatic carbocycles. The summed E-state index contributed by atoms with van der Waals surface area (Å²) in [5, 5.41) is 2.29. The van der Waals surface area contributed by atoms with Crippen molar-refractivity contribution >= 4 is 23.5 Å². The van der Waals surface area contributed by atoms with Gasteiger partial charge in [0.2, 0.25) is 5.95 Å². The molecule has 5 nitrogen and oxygen atoms in total. The van der Waals surface area contributed by atoms with E-state index in [-0.39, 0.29) is 11.1 Å². The van der Waals surface area contributed by atoms with Crippen molar-refractivity contribution in [3.63, 3.8) is 0 Å². The van der Waals surface area contributed by atoms with Gasteiger partial charge in [0.05, 0.1) is 0 Å². The number of nitrogens with one attached hydrogen (secondary N) is 1. The van der Waals surface area contributed by atoms with Gasteiger partial charge in [-0.15, -0.1) is 0 Å². The normalized spacial score (nSPS) is 11.4. The highest BCUT2D eigenvalue weighted by atomic mass is 35.5. The molecule has 0 aliphatic rings. The van der Waals surface area contributed by atoms with Crippen LogP contribution in [-0.4, -0.2) is 35.3 Å². The number of aryl methyl sites for hydroxylation is 1. The summed E-state index contributed by atoms with van der Waals surface area (Å²) < 4.78 is 39.4. The lowest BCUT2D eigenvalue weighted by molar-refractivity contribution is -0.174. The molecule has 1 N–H and O–H groups in total. The first kappa shape index (κ1) is 14.7. The van der Waals surface area contributed by atoms with Crippen LogP contribution < -0.4 is 5.32 Å². The van der Waals surface area contributed by atoms with Gasteiger partial charge in [0, 0.05) is 5.69 Å². The Hall–Kier alpha value is -1.41. The van der Waals surface area contributed by atoms with Crippen molar-refractivity contribution in [1.29, 1.82) is 0 Å². The van der Waals surface area contributed by atoms with Crippen LogP contribution in [0.2, 0.25) is 5.15 Å². The molecule has 1 amide bonds. The largest absolute Gasteiger partial charge is 0.411 e. The Balaban J connectivity index is 2.45. The maximum atomic E-state index is 11.7. The molecule has 0 radical (unpaired) electrons. The zero-order chi connectivity index (χ0) is 13.8. The average Bonchev–Trinajstić information content (AvgIpc) is 2.12. The van der Waals surface area contributed by atoms with Crippen molar-refractivity contribution < 1.29 is 22.7 Å². The molecular weight excluding hydrogens is 275 g/mol. The highest BCUT2D eigenvalue weighted by Gasteiger charge is 2.27. The fourth-order valence-corrected chi connectivity index (χ4v) is 1.24. The molecule has 0 aliphatic heterocycles. The van der Waals surface area contributed by atoms with Gasteiger partial charge in [-0.2, -0.15) is 13.2 Å². The van der Waals surface area contributed by atoms with E-state index < -0.39 is 25.3 Å². The maximum Gasteiger partial charge on any atom is 0.411 e. The second-order valence-corrected chi connectivity index (χ2v) is 3.70. The van der Waals surface area contributed by atoms with Gasteiger partial charge in [0.1, 0.15) is 18.4 Å². The third-order valence-electron chi connectivity index (χ3n) is 1.57. The molecular formula is C9H9ClF3N3O2. The summed E-state index contributed by atoms with van der Waals surface area (Å²) in [4.78, 5) is 18.7. The first-order chi connectivity index (χ1) is 8.26. The van der Waals surface area contributed by atoms with Crippen LogP contribution in [0.4, 0.5) is 19.1 Å².